The predicted molar refractivity (Wildman–Crippen MR) is 111 cm³/mol. The van der Waals surface area contributed by atoms with Crippen molar-refractivity contribution in [1.29, 1.82) is 0 Å². The van der Waals surface area contributed by atoms with Gasteiger partial charge in [0.25, 0.3) is 5.91 Å². The summed E-state index contributed by atoms with van der Waals surface area (Å²) in [6, 6.07) is 10.2. The van der Waals surface area contributed by atoms with Crippen LogP contribution in [0.4, 0.5) is 5.13 Å². The van der Waals surface area contributed by atoms with Gasteiger partial charge in [0.2, 0.25) is 0 Å². The van der Waals surface area contributed by atoms with Gasteiger partial charge in [-0.1, -0.05) is 23.2 Å². The summed E-state index contributed by atoms with van der Waals surface area (Å²) in [6.45, 7) is -0.210. The molecule has 0 unspecified atom stereocenters. The molecule has 3 aromatic rings. The van der Waals surface area contributed by atoms with E-state index in [1.807, 2.05) is 11.4 Å². The lowest BCUT2D eigenvalue weighted by atomic mass is 10.1. The number of hydrogen-bond acceptors (Lipinski definition) is 6. The Kier molecular flexibility index (Phi) is 6.61. The van der Waals surface area contributed by atoms with Gasteiger partial charge in [-0.3, -0.25) is 10.1 Å². The molecule has 0 aliphatic rings. The molecule has 3 rings (SSSR count). The number of rotatable bonds is 7. The third-order valence-electron chi connectivity index (χ3n) is 3.69. The van der Waals surface area contributed by atoms with E-state index in [4.69, 9.17) is 37.4 Å². The molecular formula is C19H16Cl2N2O4S. The summed E-state index contributed by atoms with van der Waals surface area (Å²) in [5.74, 6) is 1.36. The van der Waals surface area contributed by atoms with E-state index in [0.717, 1.165) is 5.56 Å². The molecule has 1 amide bonds. The summed E-state index contributed by atoms with van der Waals surface area (Å²) in [7, 11) is 3.17. The van der Waals surface area contributed by atoms with Crippen molar-refractivity contribution in [2.24, 2.45) is 0 Å². The monoisotopic (exact) mass is 438 g/mol. The highest BCUT2D eigenvalue weighted by molar-refractivity contribution is 7.14. The number of nitrogens with zero attached hydrogens (tertiary/aromatic N) is 1. The van der Waals surface area contributed by atoms with Gasteiger partial charge in [0, 0.05) is 16.0 Å². The van der Waals surface area contributed by atoms with Crippen molar-refractivity contribution in [2.75, 3.05) is 26.1 Å². The Morgan fingerprint density at radius 1 is 1.11 bits per heavy atom. The van der Waals surface area contributed by atoms with Crippen LogP contribution in [0.1, 0.15) is 0 Å². The molecule has 0 fully saturated rings. The van der Waals surface area contributed by atoms with Gasteiger partial charge in [-0.15, -0.1) is 11.3 Å². The van der Waals surface area contributed by atoms with Crippen LogP contribution in [0.2, 0.25) is 10.0 Å². The molecule has 0 spiro atoms. The fourth-order valence-corrected chi connectivity index (χ4v) is 3.55. The highest BCUT2D eigenvalue weighted by atomic mass is 35.5. The summed E-state index contributed by atoms with van der Waals surface area (Å²) in [4.78, 5) is 16.6. The molecule has 28 heavy (non-hydrogen) atoms. The zero-order valence-corrected chi connectivity index (χ0v) is 17.3. The average molecular weight is 439 g/mol. The number of anilines is 1. The van der Waals surface area contributed by atoms with Gasteiger partial charge in [-0.2, -0.15) is 0 Å². The molecular weight excluding hydrogens is 423 g/mol. The average Bonchev–Trinajstić information content (AvgIpc) is 3.15. The van der Waals surface area contributed by atoms with Gasteiger partial charge >= 0.3 is 0 Å². The molecule has 0 atom stereocenters. The molecule has 1 N–H and O–H groups in total. The lowest BCUT2D eigenvalue weighted by molar-refractivity contribution is -0.118. The number of ether oxygens (including phenoxy) is 3. The number of methoxy groups -OCH3 is 2. The Morgan fingerprint density at radius 2 is 1.89 bits per heavy atom. The Labute approximate surface area is 176 Å². The van der Waals surface area contributed by atoms with Crippen molar-refractivity contribution in [3.05, 3.63) is 51.8 Å². The SMILES string of the molecule is COc1ccc(OC)c(-c2csc(NC(=O)COc3ccc(Cl)cc3Cl)n2)c1. The molecule has 0 saturated carbocycles. The normalized spacial score (nSPS) is 10.4. The lowest BCUT2D eigenvalue weighted by Crippen LogP contribution is -2.20. The number of benzene rings is 2. The number of amides is 1. The minimum absolute atomic E-state index is 0.210. The Bertz CT molecular complexity index is 994. The minimum atomic E-state index is -0.357. The van der Waals surface area contributed by atoms with Crippen molar-refractivity contribution >= 4 is 45.6 Å². The van der Waals surface area contributed by atoms with Gasteiger partial charge in [-0.05, 0) is 36.4 Å². The number of aromatic nitrogens is 1. The molecule has 2 aromatic carbocycles. The van der Waals surface area contributed by atoms with Crippen molar-refractivity contribution in [3.63, 3.8) is 0 Å². The summed E-state index contributed by atoms with van der Waals surface area (Å²) in [5, 5.41) is 5.79. The first-order valence-corrected chi connectivity index (χ1v) is 9.69. The van der Waals surface area contributed by atoms with Crippen LogP contribution < -0.4 is 19.5 Å². The summed E-state index contributed by atoms with van der Waals surface area (Å²) in [6.07, 6.45) is 0. The second kappa shape index (κ2) is 9.14. The van der Waals surface area contributed by atoms with Gasteiger partial charge in [0.15, 0.2) is 11.7 Å². The molecule has 0 aliphatic heterocycles. The summed E-state index contributed by atoms with van der Waals surface area (Å²) >= 11 is 13.2. The maximum Gasteiger partial charge on any atom is 0.264 e. The fraction of sp³-hybridized carbons (Fsp3) is 0.158. The largest absolute Gasteiger partial charge is 0.497 e. The quantitative estimate of drug-likeness (QED) is 0.551. The fourth-order valence-electron chi connectivity index (χ4n) is 2.36. The highest BCUT2D eigenvalue weighted by Gasteiger charge is 2.14. The van der Waals surface area contributed by atoms with Crippen molar-refractivity contribution in [2.45, 2.75) is 0 Å². The molecule has 1 heterocycles. The first kappa shape index (κ1) is 20.3. The summed E-state index contributed by atoms with van der Waals surface area (Å²) in [5.41, 5.74) is 1.43. The topological polar surface area (TPSA) is 69.7 Å². The maximum atomic E-state index is 12.2. The molecule has 1 aromatic heterocycles. The number of carbonyl (C=O) groups is 1. The van der Waals surface area contributed by atoms with E-state index in [-0.39, 0.29) is 12.5 Å². The first-order valence-electron chi connectivity index (χ1n) is 8.05. The number of hydrogen-bond donors (Lipinski definition) is 1. The second-order valence-corrected chi connectivity index (χ2v) is 7.22. The number of nitrogens with one attached hydrogen (secondary N) is 1. The third-order valence-corrected chi connectivity index (χ3v) is 4.97. The minimum Gasteiger partial charge on any atom is -0.497 e. The number of halogens is 2. The number of carbonyl (C=O) groups excluding carboxylic acids is 1. The van der Waals surface area contributed by atoms with Crippen LogP contribution in [0.5, 0.6) is 17.2 Å². The van der Waals surface area contributed by atoms with Crippen LogP contribution in [-0.2, 0) is 4.79 Å². The van der Waals surface area contributed by atoms with Crippen LogP contribution in [0.15, 0.2) is 41.8 Å². The van der Waals surface area contributed by atoms with Gasteiger partial charge < -0.3 is 14.2 Å². The standard InChI is InChI=1S/C19H16Cl2N2O4S/c1-25-12-4-6-16(26-2)13(8-12)15-10-28-19(22-15)23-18(24)9-27-17-5-3-11(20)7-14(17)21/h3-8,10H,9H2,1-2H3,(H,22,23,24). The van der Waals surface area contributed by atoms with Crippen LogP contribution in [0.25, 0.3) is 11.3 Å². The second-order valence-electron chi connectivity index (χ2n) is 5.52. The Balaban J connectivity index is 1.67. The van der Waals surface area contributed by atoms with Gasteiger partial charge in [0.1, 0.15) is 17.2 Å². The molecule has 0 saturated heterocycles. The van der Waals surface area contributed by atoms with Crippen molar-refractivity contribution in [1.82, 2.24) is 4.98 Å². The van der Waals surface area contributed by atoms with Gasteiger partial charge in [-0.25, -0.2) is 4.98 Å². The van der Waals surface area contributed by atoms with E-state index in [9.17, 15) is 4.79 Å². The third kappa shape index (κ3) is 4.86. The van der Waals surface area contributed by atoms with Crippen molar-refractivity contribution in [3.8, 4) is 28.5 Å². The van der Waals surface area contributed by atoms with Crippen LogP contribution in [0.3, 0.4) is 0 Å². The zero-order chi connectivity index (χ0) is 20.1. The lowest BCUT2D eigenvalue weighted by Gasteiger charge is -2.09. The van der Waals surface area contributed by atoms with Crippen LogP contribution in [0, 0.1) is 0 Å². The van der Waals surface area contributed by atoms with Crippen LogP contribution >= 0.6 is 34.5 Å². The van der Waals surface area contributed by atoms with Crippen LogP contribution in [-0.4, -0.2) is 31.7 Å². The maximum absolute atomic E-state index is 12.2. The zero-order valence-electron chi connectivity index (χ0n) is 15.0. The first-order chi connectivity index (χ1) is 13.5. The molecule has 0 aliphatic carbocycles. The van der Waals surface area contributed by atoms with E-state index >= 15 is 0 Å². The summed E-state index contributed by atoms with van der Waals surface area (Å²) < 4.78 is 16.1. The molecule has 0 bridgehead atoms. The van der Waals surface area contributed by atoms with E-state index in [0.29, 0.717) is 38.1 Å². The smallest absolute Gasteiger partial charge is 0.264 e. The van der Waals surface area contributed by atoms with E-state index in [1.165, 1.54) is 11.3 Å². The van der Waals surface area contributed by atoms with E-state index in [2.05, 4.69) is 10.3 Å². The number of thiazole rings is 1. The molecule has 6 nitrogen and oxygen atoms in total. The van der Waals surface area contributed by atoms with Gasteiger partial charge in [0.05, 0.1) is 24.9 Å². The van der Waals surface area contributed by atoms with Crippen molar-refractivity contribution < 1.29 is 19.0 Å². The molecule has 9 heteroatoms. The predicted octanol–water partition coefficient (Wildman–Crippen LogP) is 5.15. The Hall–Kier alpha value is -2.48. The Morgan fingerprint density at radius 3 is 2.61 bits per heavy atom. The molecule has 0 radical (unpaired) electrons. The highest BCUT2D eigenvalue weighted by Crippen LogP contribution is 2.35. The van der Waals surface area contributed by atoms with E-state index in [1.54, 1.807) is 44.6 Å². The molecule has 146 valence electrons. The van der Waals surface area contributed by atoms with E-state index < -0.39 is 0 Å².